The van der Waals surface area contributed by atoms with Crippen LogP contribution >= 0.6 is 15.9 Å². The second kappa shape index (κ2) is 5.85. The third-order valence-electron chi connectivity index (χ3n) is 3.42. The first-order chi connectivity index (χ1) is 10.8. The average molecular weight is 381 g/mol. The zero-order valence-corrected chi connectivity index (χ0v) is 13.7. The molecule has 0 spiro atoms. The van der Waals surface area contributed by atoms with Crippen LogP contribution in [0.5, 0.6) is 0 Å². The molecule has 2 nitrogen and oxygen atoms in total. The molecule has 23 heavy (non-hydrogen) atoms. The first-order valence-corrected chi connectivity index (χ1v) is 7.64. The van der Waals surface area contributed by atoms with Crippen molar-refractivity contribution in [2.24, 2.45) is 0 Å². The van der Waals surface area contributed by atoms with Crippen molar-refractivity contribution in [3.63, 3.8) is 0 Å². The van der Waals surface area contributed by atoms with E-state index in [0.717, 1.165) is 16.1 Å². The summed E-state index contributed by atoms with van der Waals surface area (Å²) in [7, 11) is 0. The van der Waals surface area contributed by atoms with Crippen LogP contribution in [0.2, 0.25) is 0 Å². The van der Waals surface area contributed by atoms with Gasteiger partial charge in [0.05, 0.1) is 11.4 Å². The molecule has 3 aromatic rings. The summed E-state index contributed by atoms with van der Waals surface area (Å²) in [6.07, 6.45) is -4.49. The van der Waals surface area contributed by atoms with E-state index in [1.54, 1.807) is 36.4 Å². The summed E-state index contributed by atoms with van der Waals surface area (Å²) < 4.78 is 41.3. The fourth-order valence-electron chi connectivity index (χ4n) is 2.23. The fraction of sp³-hybridized carbons (Fsp3) is 0.118. The molecule has 0 saturated carbocycles. The standard InChI is InChI=1S/C17H12BrF3N2/c1-11-2-4-12(5-3-11)15-10-16(17(19,20)21)22-23(15)14-8-6-13(18)7-9-14/h2-10H,1H3. The highest BCUT2D eigenvalue weighted by atomic mass is 79.9. The number of hydrogen-bond donors (Lipinski definition) is 0. The van der Waals surface area contributed by atoms with E-state index in [1.165, 1.54) is 4.68 Å². The smallest absolute Gasteiger partial charge is 0.233 e. The van der Waals surface area contributed by atoms with Gasteiger partial charge in [-0.25, -0.2) is 4.68 Å². The lowest BCUT2D eigenvalue weighted by Gasteiger charge is -2.08. The molecule has 0 radical (unpaired) electrons. The van der Waals surface area contributed by atoms with Crippen LogP contribution in [-0.2, 0) is 6.18 Å². The van der Waals surface area contributed by atoms with Gasteiger partial charge in [0.15, 0.2) is 5.69 Å². The van der Waals surface area contributed by atoms with Gasteiger partial charge in [-0.1, -0.05) is 45.8 Å². The van der Waals surface area contributed by atoms with E-state index in [9.17, 15) is 13.2 Å². The molecule has 0 atom stereocenters. The molecule has 0 bridgehead atoms. The lowest BCUT2D eigenvalue weighted by atomic mass is 10.1. The number of nitrogens with zero attached hydrogens (tertiary/aromatic N) is 2. The SMILES string of the molecule is Cc1ccc(-c2cc(C(F)(F)F)nn2-c2ccc(Br)cc2)cc1. The van der Waals surface area contributed by atoms with Crippen molar-refractivity contribution in [2.75, 3.05) is 0 Å². The lowest BCUT2D eigenvalue weighted by Crippen LogP contribution is -2.07. The number of alkyl halides is 3. The summed E-state index contributed by atoms with van der Waals surface area (Å²) in [6.45, 7) is 1.93. The van der Waals surface area contributed by atoms with Gasteiger partial charge in [0.1, 0.15) is 0 Å². The van der Waals surface area contributed by atoms with Crippen molar-refractivity contribution >= 4 is 15.9 Å². The Morgan fingerprint density at radius 3 is 2.13 bits per heavy atom. The highest BCUT2D eigenvalue weighted by Gasteiger charge is 2.35. The maximum Gasteiger partial charge on any atom is 0.435 e. The maximum absolute atomic E-state index is 13.1. The molecule has 1 aromatic heterocycles. The molecule has 2 aromatic carbocycles. The molecule has 6 heteroatoms. The number of rotatable bonds is 2. The molecule has 0 N–H and O–H groups in total. The van der Waals surface area contributed by atoms with Crippen molar-refractivity contribution in [3.05, 3.63) is 70.3 Å². The Morgan fingerprint density at radius 1 is 0.957 bits per heavy atom. The normalized spacial score (nSPS) is 11.7. The van der Waals surface area contributed by atoms with E-state index in [1.807, 2.05) is 19.1 Å². The average Bonchev–Trinajstić information content (AvgIpc) is 2.94. The summed E-state index contributed by atoms with van der Waals surface area (Å²) in [5, 5.41) is 3.76. The zero-order valence-electron chi connectivity index (χ0n) is 12.1. The van der Waals surface area contributed by atoms with Gasteiger partial charge in [-0.05, 0) is 37.3 Å². The van der Waals surface area contributed by atoms with Crippen LogP contribution in [0.15, 0.2) is 59.1 Å². The third-order valence-corrected chi connectivity index (χ3v) is 3.95. The molecule has 0 unspecified atom stereocenters. The Morgan fingerprint density at radius 2 is 1.57 bits per heavy atom. The zero-order chi connectivity index (χ0) is 16.6. The predicted octanol–water partition coefficient (Wildman–Crippen LogP) is 5.63. The van der Waals surface area contributed by atoms with Gasteiger partial charge in [0, 0.05) is 10.0 Å². The molecule has 3 rings (SSSR count). The first kappa shape index (κ1) is 15.8. The minimum atomic E-state index is -4.49. The van der Waals surface area contributed by atoms with E-state index >= 15 is 0 Å². The van der Waals surface area contributed by atoms with Gasteiger partial charge < -0.3 is 0 Å². The Hall–Kier alpha value is -2.08. The second-order valence-corrected chi connectivity index (χ2v) is 6.08. The number of benzene rings is 2. The van der Waals surface area contributed by atoms with Crippen LogP contribution in [0, 0.1) is 6.92 Å². The summed E-state index contributed by atoms with van der Waals surface area (Å²) >= 11 is 3.32. The third kappa shape index (κ3) is 3.32. The van der Waals surface area contributed by atoms with E-state index < -0.39 is 11.9 Å². The van der Waals surface area contributed by atoms with Gasteiger partial charge in [-0.3, -0.25) is 0 Å². The lowest BCUT2D eigenvalue weighted by molar-refractivity contribution is -0.141. The molecule has 118 valence electrons. The minimum absolute atomic E-state index is 0.402. The maximum atomic E-state index is 13.1. The van der Waals surface area contributed by atoms with E-state index in [0.29, 0.717) is 16.9 Å². The van der Waals surface area contributed by atoms with Crippen molar-refractivity contribution in [1.29, 1.82) is 0 Å². The van der Waals surface area contributed by atoms with Gasteiger partial charge in [0.2, 0.25) is 0 Å². The fourth-order valence-corrected chi connectivity index (χ4v) is 2.49. The number of halogens is 4. The predicted molar refractivity (Wildman–Crippen MR) is 86.4 cm³/mol. The van der Waals surface area contributed by atoms with E-state index in [4.69, 9.17) is 0 Å². The van der Waals surface area contributed by atoms with Gasteiger partial charge >= 0.3 is 6.18 Å². The summed E-state index contributed by atoms with van der Waals surface area (Å²) in [4.78, 5) is 0. The van der Waals surface area contributed by atoms with Crippen molar-refractivity contribution < 1.29 is 13.2 Å². The number of aryl methyl sites for hydroxylation is 1. The second-order valence-electron chi connectivity index (χ2n) is 5.17. The molecular weight excluding hydrogens is 369 g/mol. The van der Waals surface area contributed by atoms with Gasteiger partial charge in [-0.15, -0.1) is 0 Å². The van der Waals surface area contributed by atoms with Crippen LogP contribution in [0.1, 0.15) is 11.3 Å². The molecule has 1 heterocycles. The largest absolute Gasteiger partial charge is 0.435 e. The van der Waals surface area contributed by atoms with Crippen LogP contribution < -0.4 is 0 Å². The van der Waals surface area contributed by atoms with Crippen LogP contribution in [-0.4, -0.2) is 9.78 Å². The quantitative estimate of drug-likeness (QED) is 0.563. The molecule has 0 aliphatic carbocycles. The van der Waals surface area contributed by atoms with Gasteiger partial charge in [-0.2, -0.15) is 18.3 Å². The molecule has 0 aliphatic rings. The summed E-state index contributed by atoms with van der Waals surface area (Å²) in [5.74, 6) is 0. The van der Waals surface area contributed by atoms with E-state index in [2.05, 4.69) is 21.0 Å². The molecule has 0 amide bonds. The Kier molecular flexibility index (Phi) is 4.02. The van der Waals surface area contributed by atoms with Crippen molar-refractivity contribution in [2.45, 2.75) is 13.1 Å². The highest BCUT2D eigenvalue weighted by Crippen LogP contribution is 2.33. The molecular formula is C17H12BrF3N2. The molecule has 0 fully saturated rings. The Labute approximate surface area is 139 Å². The number of hydrogen-bond acceptors (Lipinski definition) is 1. The Balaban J connectivity index is 2.18. The van der Waals surface area contributed by atoms with Crippen LogP contribution in [0.25, 0.3) is 16.9 Å². The topological polar surface area (TPSA) is 17.8 Å². The minimum Gasteiger partial charge on any atom is -0.233 e. The van der Waals surface area contributed by atoms with Crippen LogP contribution in [0.3, 0.4) is 0 Å². The number of aromatic nitrogens is 2. The monoisotopic (exact) mass is 380 g/mol. The van der Waals surface area contributed by atoms with Gasteiger partial charge in [0.25, 0.3) is 0 Å². The summed E-state index contributed by atoms with van der Waals surface area (Å²) in [6, 6.07) is 15.4. The molecule has 0 aliphatic heterocycles. The Bertz CT molecular complexity index is 756. The summed E-state index contributed by atoms with van der Waals surface area (Å²) in [5.41, 5.74) is 1.79. The highest BCUT2D eigenvalue weighted by molar-refractivity contribution is 9.10. The molecule has 0 saturated heterocycles. The van der Waals surface area contributed by atoms with Crippen molar-refractivity contribution in [1.82, 2.24) is 9.78 Å². The van der Waals surface area contributed by atoms with E-state index in [-0.39, 0.29) is 0 Å². The first-order valence-electron chi connectivity index (χ1n) is 6.85. The van der Waals surface area contributed by atoms with Crippen molar-refractivity contribution in [3.8, 4) is 16.9 Å². The van der Waals surface area contributed by atoms with Crippen LogP contribution in [0.4, 0.5) is 13.2 Å².